The average Bonchev–Trinajstić information content (AvgIpc) is 3.34. The van der Waals surface area contributed by atoms with E-state index in [9.17, 15) is 14.4 Å². The van der Waals surface area contributed by atoms with E-state index in [1.807, 2.05) is 72.8 Å². The molecule has 2 heterocycles. The molecule has 210 valence electrons. The number of thioether (sulfide) groups is 1. The van der Waals surface area contributed by atoms with Crippen molar-refractivity contribution in [1.82, 2.24) is 10.2 Å². The minimum atomic E-state index is -0.689. The normalized spacial score (nSPS) is 15.4. The van der Waals surface area contributed by atoms with Crippen LogP contribution >= 0.6 is 11.8 Å². The number of carbonyl (C=O) groups is 3. The summed E-state index contributed by atoms with van der Waals surface area (Å²) in [5.74, 6) is 0.594. The third-order valence-electron chi connectivity index (χ3n) is 6.90. The number of amidine groups is 2. The summed E-state index contributed by atoms with van der Waals surface area (Å²) >= 11 is 1.24. The van der Waals surface area contributed by atoms with Crippen molar-refractivity contribution in [2.75, 3.05) is 18.2 Å². The van der Waals surface area contributed by atoms with Crippen molar-refractivity contribution < 1.29 is 19.1 Å². The molecule has 0 saturated carbocycles. The molecule has 1 atom stereocenters. The fraction of sp³-hybridized carbons (Fsp3) is 0.258. The van der Waals surface area contributed by atoms with Gasteiger partial charge in [0.1, 0.15) is 17.6 Å². The molecule has 0 aromatic heterocycles. The zero-order valence-electron chi connectivity index (χ0n) is 22.9. The maximum atomic E-state index is 13.1. The first kappa shape index (κ1) is 28.1. The van der Waals surface area contributed by atoms with E-state index in [1.165, 1.54) is 17.3 Å². The van der Waals surface area contributed by atoms with Gasteiger partial charge in [-0.15, -0.1) is 0 Å². The first-order valence-electron chi connectivity index (χ1n) is 13.5. The molecule has 0 saturated heterocycles. The molecule has 10 heteroatoms. The second-order valence-corrected chi connectivity index (χ2v) is 10.5. The van der Waals surface area contributed by atoms with E-state index in [2.05, 4.69) is 22.5 Å². The molecular formula is C31H31N5O4S. The molecule has 0 fully saturated rings. The van der Waals surface area contributed by atoms with Crippen molar-refractivity contribution in [2.24, 2.45) is 9.98 Å². The van der Waals surface area contributed by atoms with E-state index in [-0.39, 0.29) is 36.3 Å². The number of nitrogens with one attached hydrogen (secondary N) is 2. The molecule has 2 N–H and O–H groups in total. The summed E-state index contributed by atoms with van der Waals surface area (Å²) in [7, 11) is 1.59. The predicted molar refractivity (Wildman–Crippen MR) is 162 cm³/mol. The standard InChI is InChI=1S/C31H31N5O4S/c1-3-20-12-14-22(15-13-20)33-28(38)19-41-31-34-24-10-6-5-9-23(24)29-35-30(39)25(36(29)31)16-17-27(37)32-18-21-8-4-7-11-26(21)40-2/h4-15,25H,3,16-19H2,1-2H3,(H,32,37)(H,33,38). The highest BCUT2D eigenvalue weighted by Crippen LogP contribution is 2.35. The van der Waals surface area contributed by atoms with Gasteiger partial charge in [-0.25, -0.2) is 4.99 Å². The lowest BCUT2D eigenvalue weighted by molar-refractivity contribution is -0.122. The number of benzene rings is 3. The topological polar surface area (TPSA) is 112 Å². The van der Waals surface area contributed by atoms with Crippen molar-refractivity contribution in [3.63, 3.8) is 0 Å². The predicted octanol–water partition coefficient (Wildman–Crippen LogP) is 4.68. The molecule has 3 amide bonds. The van der Waals surface area contributed by atoms with E-state index in [1.54, 1.807) is 12.0 Å². The largest absolute Gasteiger partial charge is 0.496 e. The second-order valence-electron chi connectivity index (χ2n) is 9.59. The molecule has 0 bridgehead atoms. The van der Waals surface area contributed by atoms with Gasteiger partial charge in [0, 0.05) is 29.8 Å². The van der Waals surface area contributed by atoms with Crippen LogP contribution in [-0.4, -0.2) is 52.5 Å². The molecule has 2 aliphatic rings. The number of amides is 3. The summed E-state index contributed by atoms with van der Waals surface area (Å²) in [4.78, 5) is 49.5. The number of aliphatic imine (C=N–C) groups is 2. The molecule has 3 aromatic rings. The monoisotopic (exact) mass is 569 g/mol. The van der Waals surface area contributed by atoms with Crippen LogP contribution in [0, 0.1) is 0 Å². The highest BCUT2D eigenvalue weighted by molar-refractivity contribution is 8.14. The van der Waals surface area contributed by atoms with Crippen molar-refractivity contribution in [2.45, 2.75) is 38.8 Å². The van der Waals surface area contributed by atoms with Gasteiger partial charge in [-0.1, -0.05) is 61.2 Å². The van der Waals surface area contributed by atoms with E-state index in [4.69, 9.17) is 9.73 Å². The number of hydrogen-bond donors (Lipinski definition) is 2. The molecule has 2 aliphatic heterocycles. The van der Waals surface area contributed by atoms with Gasteiger partial charge in [-0.3, -0.25) is 19.3 Å². The number of anilines is 1. The number of rotatable bonds is 10. The number of nitrogens with zero attached hydrogens (tertiary/aromatic N) is 3. The van der Waals surface area contributed by atoms with E-state index in [0.717, 1.165) is 23.2 Å². The lowest BCUT2D eigenvalue weighted by Crippen LogP contribution is -2.44. The van der Waals surface area contributed by atoms with Gasteiger partial charge >= 0.3 is 0 Å². The van der Waals surface area contributed by atoms with Gasteiger partial charge in [-0.05, 0) is 48.7 Å². The number of aryl methyl sites for hydroxylation is 1. The lowest BCUT2D eigenvalue weighted by atomic mass is 10.1. The fourth-order valence-corrected chi connectivity index (χ4v) is 5.57. The summed E-state index contributed by atoms with van der Waals surface area (Å²) in [5, 5.41) is 6.33. The van der Waals surface area contributed by atoms with Gasteiger partial charge in [0.15, 0.2) is 5.17 Å². The van der Waals surface area contributed by atoms with Crippen LogP contribution < -0.4 is 15.4 Å². The third-order valence-corrected chi connectivity index (χ3v) is 7.85. The first-order chi connectivity index (χ1) is 20.0. The number of ether oxygens (including phenoxy) is 1. The van der Waals surface area contributed by atoms with Crippen LogP contribution in [-0.2, 0) is 27.3 Å². The van der Waals surface area contributed by atoms with Crippen LogP contribution in [0.5, 0.6) is 5.75 Å². The maximum Gasteiger partial charge on any atom is 0.270 e. The van der Waals surface area contributed by atoms with E-state index < -0.39 is 6.04 Å². The summed E-state index contributed by atoms with van der Waals surface area (Å²) < 4.78 is 5.35. The average molecular weight is 570 g/mol. The lowest BCUT2D eigenvalue weighted by Gasteiger charge is -2.31. The summed E-state index contributed by atoms with van der Waals surface area (Å²) in [6.07, 6.45) is 1.30. The minimum absolute atomic E-state index is 0.0978. The third kappa shape index (κ3) is 6.49. The molecule has 9 nitrogen and oxygen atoms in total. The second kappa shape index (κ2) is 12.8. The van der Waals surface area contributed by atoms with Crippen LogP contribution in [0.4, 0.5) is 11.4 Å². The maximum absolute atomic E-state index is 13.1. The molecule has 0 spiro atoms. The SMILES string of the molecule is CCc1ccc(NC(=O)CSC2=Nc3ccccc3C3=NC(=O)C(CCC(=O)NCc4ccccc4OC)N23)cc1. The molecule has 0 radical (unpaired) electrons. The Balaban J connectivity index is 1.25. The van der Waals surface area contributed by atoms with Crippen molar-refractivity contribution in [3.05, 3.63) is 89.5 Å². The Morgan fingerprint density at radius 2 is 1.73 bits per heavy atom. The van der Waals surface area contributed by atoms with Crippen LogP contribution in [0.3, 0.4) is 0 Å². The van der Waals surface area contributed by atoms with E-state index >= 15 is 0 Å². The Morgan fingerprint density at radius 1 is 0.976 bits per heavy atom. The van der Waals surface area contributed by atoms with Gasteiger partial charge in [0.05, 0.1) is 18.6 Å². The number of para-hydroxylation sites is 2. The fourth-order valence-electron chi connectivity index (χ4n) is 4.73. The molecular weight excluding hydrogens is 538 g/mol. The number of hydrogen-bond acceptors (Lipinski definition) is 7. The Morgan fingerprint density at radius 3 is 2.51 bits per heavy atom. The molecule has 41 heavy (non-hydrogen) atoms. The Labute approximate surface area is 243 Å². The Bertz CT molecular complexity index is 1520. The van der Waals surface area contributed by atoms with Crippen molar-refractivity contribution in [3.8, 4) is 5.75 Å². The Hall–Kier alpha value is -4.44. The smallest absolute Gasteiger partial charge is 0.270 e. The highest BCUT2D eigenvalue weighted by atomic mass is 32.2. The van der Waals surface area contributed by atoms with E-state index in [0.29, 0.717) is 29.0 Å². The van der Waals surface area contributed by atoms with Gasteiger partial charge < -0.3 is 15.4 Å². The number of fused-ring (bicyclic) bond motifs is 3. The van der Waals surface area contributed by atoms with Crippen LogP contribution in [0.2, 0.25) is 0 Å². The Kier molecular flexibility index (Phi) is 8.79. The summed E-state index contributed by atoms with van der Waals surface area (Å²) in [5.41, 5.74) is 4.21. The number of carbonyl (C=O) groups excluding carboxylic acids is 3. The van der Waals surface area contributed by atoms with Crippen molar-refractivity contribution in [1.29, 1.82) is 0 Å². The molecule has 0 aliphatic carbocycles. The van der Waals surface area contributed by atoms with Gasteiger partial charge in [-0.2, -0.15) is 4.99 Å². The van der Waals surface area contributed by atoms with Crippen LogP contribution in [0.15, 0.2) is 82.8 Å². The minimum Gasteiger partial charge on any atom is -0.496 e. The van der Waals surface area contributed by atoms with Gasteiger partial charge in [0.2, 0.25) is 11.8 Å². The molecule has 1 unspecified atom stereocenters. The summed E-state index contributed by atoms with van der Waals surface area (Å²) in [6.45, 7) is 2.40. The number of methoxy groups -OCH3 is 1. The van der Waals surface area contributed by atoms with Crippen LogP contribution in [0.1, 0.15) is 36.5 Å². The molecule has 3 aromatic carbocycles. The first-order valence-corrected chi connectivity index (χ1v) is 14.5. The highest BCUT2D eigenvalue weighted by Gasteiger charge is 2.41. The zero-order valence-corrected chi connectivity index (χ0v) is 23.7. The van der Waals surface area contributed by atoms with Crippen LogP contribution in [0.25, 0.3) is 0 Å². The summed E-state index contributed by atoms with van der Waals surface area (Å²) in [6, 6.07) is 22.0. The van der Waals surface area contributed by atoms with Gasteiger partial charge in [0.25, 0.3) is 5.91 Å². The van der Waals surface area contributed by atoms with Crippen molar-refractivity contribution >= 4 is 51.9 Å². The zero-order chi connectivity index (χ0) is 28.8. The molecule has 5 rings (SSSR count). The quantitative estimate of drug-likeness (QED) is 0.367.